The Bertz CT molecular complexity index is 654. The van der Waals surface area contributed by atoms with Crippen LogP contribution in [-0.2, 0) is 11.3 Å². The van der Waals surface area contributed by atoms with Crippen molar-refractivity contribution in [3.05, 3.63) is 48.5 Å². The quantitative estimate of drug-likeness (QED) is 0.789. The van der Waals surface area contributed by atoms with Gasteiger partial charge in [-0.15, -0.1) is 10.2 Å². The molecule has 1 aliphatic rings. The fraction of sp³-hybridized carbons (Fsp3) is 0.412. The van der Waals surface area contributed by atoms with Crippen LogP contribution < -0.4 is 0 Å². The number of carbonyl (C=O) groups excluding carboxylic acids is 2. The second-order valence-corrected chi connectivity index (χ2v) is 5.86. The molecule has 1 fully saturated rings. The van der Waals surface area contributed by atoms with Crippen molar-refractivity contribution in [1.82, 2.24) is 19.7 Å². The van der Waals surface area contributed by atoms with E-state index in [4.69, 9.17) is 0 Å². The van der Waals surface area contributed by atoms with Crippen molar-refractivity contribution in [2.24, 2.45) is 5.92 Å². The van der Waals surface area contributed by atoms with Crippen LogP contribution in [0.4, 0.5) is 0 Å². The highest BCUT2D eigenvalue weighted by atomic mass is 16.2. The first-order chi connectivity index (χ1) is 11.2. The molecule has 0 saturated carbocycles. The second kappa shape index (κ2) is 7.17. The lowest BCUT2D eigenvalue weighted by molar-refractivity contribution is -0.132. The number of hydrogen-bond donors (Lipinski definition) is 0. The summed E-state index contributed by atoms with van der Waals surface area (Å²) in [5.41, 5.74) is 0.733. The van der Waals surface area contributed by atoms with Crippen molar-refractivity contribution < 1.29 is 9.59 Å². The van der Waals surface area contributed by atoms with Gasteiger partial charge in [-0.2, -0.15) is 0 Å². The highest BCUT2D eigenvalue weighted by molar-refractivity contribution is 5.98. The normalized spacial score (nSPS) is 17.9. The molecule has 1 saturated heterocycles. The summed E-state index contributed by atoms with van der Waals surface area (Å²) in [6.07, 6.45) is 5.34. The van der Waals surface area contributed by atoms with E-state index in [9.17, 15) is 9.59 Å². The van der Waals surface area contributed by atoms with E-state index in [1.54, 1.807) is 17.2 Å². The van der Waals surface area contributed by atoms with Gasteiger partial charge in [-0.1, -0.05) is 30.3 Å². The lowest BCUT2D eigenvalue weighted by Crippen LogP contribution is -2.42. The van der Waals surface area contributed by atoms with Gasteiger partial charge in [0.1, 0.15) is 12.7 Å². The minimum Gasteiger partial charge on any atom is -0.342 e. The molecule has 23 heavy (non-hydrogen) atoms. The van der Waals surface area contributed by atoms with E-state index in [2.05, 4.69) is 10.2 Å². The second-order valence-electron chi connectivity index (χ2n) is 5.86. The standard InChI is InChI=1S/C17H20N4O2/c22-16(8-10-20-12-18-19-13-20)21-9-4-7-15(11-21)17(23)14-5-2-1-3-6-14/h1-3,5-6,12-13,15H,4,7-11H2/t15-/m0/s1. The van der Waals surface area contributed by atoms with Crippen molar-refractivity contribution >= 4 is 11.7 Å². The van der Waals surface area contributed by atoms with E-state index in [0.29, 0.717) is 19.5 Å². The number of rotatable bonds is 5. The zero-order valence-corrected chi connectivity index (χ0v) is 13.0. The number of nitrogens with zero attached hydrogens (tertiary/aromatic N) is 4. The summed E-state index contributed by atoms with van der Waals surface area (Å²) in [5.74, 6) is 0.135. The molecule has 1 aromatic heterocycles. The summed E-state index contributed by atoms with van der Waals surface area (Å²) >= 11 is 0. The molecule has 120 valence electrons. The van der Waals surface area contributed by atoms with Crippen LogP contribution in [0.1, 0.15) is 29.6 Å². The third kappa shape index (κ3) is 3.83. The van der Waals surface area contributed by atoms with Crippen LogP contribution in [0.3, 0.4) is 0 Å². The van der Waals surface area contributed by atoms with Gasteiger partial charge in [0.05, 0.1) is 0 Å². The third-order valence-electron chi connectivity index (χ3n) is 4.25. The largest absolute Gasteiger partial charge is 0.342 e. The molecular formula is C17H20N4O2. The number of ketones is 1. The van der Waals surface area contributed by atoms with Gasteiger partial charge in [-0.25, -0.2) is 0 Å². The average Bonchev–Trinajstić information content (AvgIpc) is 3.13. The fourth-order valence-electron chi connectivity index (χ4n) is 2.98. The molecule has 1 amide bonds. The molecule has 0 unspecified atom stereocenters. The summed E-state index contributed by atoms with van der Waals surface area (Å²) in [5, 5.41) is 7.45. The van der Waals surface area contributed by atoms with Crippen molar-refractivity contribution in [2.75, 3.05) is 13.1 Å². The number of hydrogen-bond acceptors (Lipinski definition) is 4. The minimum absolute atomic E-state index is 0.0873. The maximum atomic E-state index is 12.6. The fourth-order valence-corrected chi connectivity index (χ4v) is 2.98. The van der Waals surface area contributed by atoms with Crippen LogP contribution in [0.25, 0.3) is 0 Å². The first kappa shape index (κ1) is 15.4. The van der Waals surface area contributed by atoms with Crippen LogP contribution in [-0.4, -0.2) is 44.4 Å². The van der Waals surface area contributed by atoms with Gasteiger partial charge in [-0.3, -0.25) is 9.59 Å². The summed E-state index contributed by atoms with van der Waals surface area (Å²) in [6.45, 7) is 1.83. The zero-order valence-electron chi connectivity index (χ0n) is 13.0. The molecule has 6 nitrogen and oxygen atoms in total. The topological polar surface area (TPSA) is 68.1 Å². The maximum absolute atomic E-state index is 12.6. The smallest absolute Gasteiger partial charge is 0.224 e. The highest BCUT2D eigenvalue weighted by Crippen LogP contribution is 2.21. The van der Waals surface area contributed by atoms with Crippen LogP contribution >= 0.6 is 0 Å². The van der Waals surface area contributed by atoms with Crippen LogP contribution in [0.15, 0.2) is 43.0 Å². The number of Topliss-reactive ketones (excluding diaryl/α,β-unsaturated/α-hetero) is 1. The van der Waals surface area contributed by atoms with Gasteiger partial charge in [0.2, 0.25) is 5.91 Å². The highest BCUT2D eigenvalue weighted by Gasteiger charge is 2.28. The van der Waals surface area contributed by atoms with Crippen LogP contribution in [0.5, 0.6) is 0 Å². The molecule has 2 heterocycles. The van der Waals surface area contributed by atoms with Gasteiger partial charge < -0.3 is 9.47 Å². The average molecular weight is 312 g/mol. The molecule has 0 aliphatic carbocycles. The molecule has 6 heteroatoms. The molecule has 0 N–H and O–H groups in total. The summed E-state index contributed by atoms with van der Waals surface area (Å²) in [4.78, 5) is 26.7. The maximum Gasteiger partial charge on any atom is 0.224 e. The zero-order chi connectivity index (χ0) is 16.1. The molecule has 2 aromatic rings. The lowest BCUT2D eigenvalue weighted by Gasteiger charge is -2.32. The number of amides is 1. The molecule has 1 aromatic carbocycles. The Labute approximate surface area is 135 Å². The van der Waals surface area contributed by atoms with Crippen molar-refractivity contribution in [3.63, 3.8) is 0 Å². The Kier molecular flexibility index (Phi) is 4.80. The Morgan fingerprint density at radius 3 is 2.61 bits per heavy atom. The predicted octanol–water partition coefficient (Wildman–Crippen LogP) is 1.79. The van der Waals surface area contributed by atoms with Crippen LogP contribution in [0, 0.1) is 5.92 Å². The molecule has 1 aliphatic heterocycles. The molecule has 3 rings (SSSR count). The van der Waals surface area contributed by atoms with E-state index in [0.717, 1.165) is 24.9 Å². The van der Waals surface area contributed by atoms with Crippen molar-refractivity contribution in [1.29, 1.82) is 0 Å². The number of likely N-dealkylation sites (tertiary alicyclic amines) is 1. The van der Waals surface area contributed by atoms with E-state index in [1.165, 1.54) is 0 Å². The van der Waals surface area contributed by atoms with E-state index >= 15 is 0 Å². The number of carbonyl (C=O) groups is 2. The lowest BCUT2D eigenvalue weighted by atomic mass is 9.90. The molecular weight excluding hydrogens is 292 g/mol. The molecule has 1 atom stereocenters. The van der Waals surface area contributed by atoms with Gasteiger partial charge in [0.15, 0.2) is 5.78 Å². The first-order valence-electron chi connectivity index (χ1n) is 7.93. The monoisotopic (exact) mass is 312 g/mol. The molecule has 0 radical (unpaired) electrons. The summed E-state index contributed by atoms with van der Waals surface area (Å²) < 4.78 is 1.79. The van der Waals surface area contributed by atoms with E-state index in [1.807, 2.05) is 35.2 Å². The SMILES string of the molecule is O=C(c1ccccc1)[C@H]1CCCN(C(=O)CCn2cnnc2)C1. The van der Waals surface area contributed by atoms with Crippen molar-refractivity contribution in [2.45, 2.75) is 25.8 Å². The number of aromatic nitrogens is 3. The molecule has 0 spiro atoms. The van der Waals surface area contributed by atoms with E-state index in [-0.39, 0.29) is 17.6 Å². The first-order valence-corrected chi connectivity index (χ1v) is 7.93. The Morgan fingerprint density at radius 2 is 1.87 bits per heavy atom. The Hall–Kier alpha value is -2.50. The van der Waals surface area contributed by atoms with Gasteiger partial charge >= 0.3 is 0 Å². The number of benzene rings is 1. The predicted molar refractivity (Wildman–Crippen MR) is 84.7 cm³/mol. The van der Waals surface area contributed by atoms with Crippen molar-refractivity contribution in [3.8, 4) is 0 Å². The minimum atomic E-state index is -0.0926. The van der Waals surface area contributed by atoms with Gasteiger partial charge in [0.25, 0.3) is 0 Å². The molecule has 0 bridgehead atoms. The van der Waals surface area contributed by atoms with Gasteiger partial charge in [-0.05, 0) is 12.8 Å². The third-order valence-corrected chi connectivity index (χ3v) is 4.25. The number of aryl methyl sites for hydroxylation is 1. The van der Waals surface area contributed by atoms with E-state index < -0.39 is 0 Å². The van der Waals surface area contributed by atoms with Crippen LogP contribution in [0.2, 0.25) is 0 Å². The number of piperidine rings is 1. The van der Waals surface area contributed by atoms with Gasteiger partial charge in [0, 0.05) is 37.5 Å². The summed E-state index contributed by atoms with van der Waals surface area (Å²) in [6, 6.07) is 9.33. The Morgan fingerprint density at radius 1 is 1.13 bits per heavy atom. The Balaban J connectivity index is 1.57. The summed E-state index contributed by atoms with van der Waals surface area (Å²) in [7, 11) is 0.